The van der Waals surface area contributed by atoms with Crippen LogP contribution in [0.15, 0.2) is 45.0 Å². The fourth-order valence-corrected chi connectivity index (χ4v) is 4.43. The van der Waals surface area contributed by atoms with Crippen molar-refractivity contribution in [3.63, 3.8) is 0 Å². The second kappa shape index (κ2) is 6.12. The molecule has 0 atom stereocenters. The maximum Gasteiger partial charge on any atom is 0.301 e. The molecule has 0 fully saturated rings. The molecule has 0 saturated heterocycles. The Morgan fingerprint density at radius 2 is 1.62 bits per heavy atom. The second-order valence-corrected chi connectivity index (χ2v) is 7.68. The molecule has 5 nitrogen and oxygen atoms in total. The van der Waals surface area contributed by atoms with E-state index in [0.717, 1.165) is 21.1 Å². The van der Waals surface area contributed by atoms with E-state index < -0.39 is 0 Å². The first-order chi connectivity index (χ1) is 11.7. The highest BCUT2D eigenvalue weighted by molar-refractivity contribution is 7.98. The highest BCUT2D eigenvalue weighted by atomic mass is 32.2. The van der Waals surface area contributed by atoms with E-state index in [4.69, 9.17) is 4.98 Å². The van der Waals surface area contributed by atoms with E-state index in [9.17, 15) is 4.79 Å². The standard InChI is InChI=1S/C16H12N4OS3/c1-20-14-13(15(21)19-16(20)22-2)17-11(9-5-3-7-23-9)12(18-14)10-6-4-8-24-10/h3-8H,1-2H3. The number of thioether (sulfide) groups is 1. The molecule has 0 unspecified atom stereocenters. The van der Waals surface area contributed by atoms with Gasteiger partial charge >= 0.3 is 5.56 Å². The molecule has 0 aliphatic rings. The molecule has 4 heterocycles. The van der Waals surface area contributed by atoms with Crippen molar-refractivity contribution >= 4 is 45.6 Å². The summed E-state index contributed by atoms with van der Waals surface area (Å²) < 4.78 is 1.82. The molecule has 4 rings (SSSR count). The Labute approximate surface area is 150 Å². The van der Waals surface area contributed by atoms with Gasteiger partial charge in [-0.15, -0.1) is 22.7 Å². The Morgan fingerprint density at radius 3 is 2.17 bits per heavy atom. The highest BCUT2D eigenvalue weighted by Crippen LogP contribution is 2.35. The topological polar surface area (TPSA) is 60.7 Å². The molecule has 0 aromatic carbocycles. The Hall–Kier alpha value is -2.03. The van der Waals surface area contributed by atoms with Crippen LogP contribution in [0.4, 0.5) is 0 Å². The minimum atomic E-state index is -0.338. The van der Waals surface area contributed by atoms with Crippen molar-refractivity contribution in [1.82, 2.24) is 19.5 Å². The van der Waals surface area contributed by atoms with Crippen molar-refractivity contribution in [3.05, 3.63) is 45.4 Å². The molecular weight excluding hydrogens is 360 g/mol. The third-order valence-electron chi connectivity index (χ3n) is 3.57. The second-order valence-electron chi connectivity index (χ2n) is 5.01. The number of fused-ring (bicyclic) bond motifs is 1. The van der Waals surface area contributed by atoms with Gasteiger partial charge in [0.05, 0.1) is 9.75 Å². The quantitative estimate of drug-likeness (QED) is 0.403. The van der Waals surface area contributed by atoms with Crippen LogP contribution in [0.25, 0.3) is 32.3 Å². The Bertz CT molecular complexity index is 1070. The molecule has 120 valence electrons. The third kappa shape index (κ3) is 2.47. The summed E-state index contributed by atoms with van der Waals surface area (Å²) in [5.41, 5.74) is 2.06. The van der Waals surface area contributed by atoms with Gasteiger partial charge in [-0.3, -0.25) is 4.79 Å². The van der Waals surface area contributed by atoms with E-state index in [0.29, 0.717) is 16.3 Å². The summed E-state index contributed by atoms with van der Waals surface area (Å²) in [6.07, 6.45) is 1.89. The van der Waals surface area contributed by atoms with Gasteiger partial charge in [-0.05, 0) is 29.1 Å². The van der Waals surface area contributed by atoms with Crippen molar-refractivity contribution in [2.75, 3.05) is 6.26 Å². The molecular formula is C16H12N4OS3. The summed E-state index contributed by atoms with van der Waals surface area (Å²) in [5.74, 6) is 0. The first-order valence-corrected chi connectivity index (χ1v) is 10.1. The van der Waals surface area contributed by atoms with Crippen LogP contribution in [-0.2, 0) is 7.05 Å². The largest absolute Gasteiger partial charge is 0.307 e. The monoisotopic (exact) mass is 372 g/mol. The fourth-order valence-electron chi connectivity index (χ4n) is 2.46. The molecule has 0 aliphatic heterocycles. The summed E-state index contributed by atoms with van der Waals surface area (Å²) in [5, 5.41) is 4.63. The molecule has 24 heavy (non-hydrogen) atoms. The van der Waals surface area contributed by atoms with Crippen LogP contribution < -0.4 is 5.56 Å². The summed E-state index contributed by atoms with van der Waals surface area (Å²) in [6.45, 7) is 0. The summed E-state index contributed by atoms with van der Waals surface area (Å²) in [4.78, 5) is 28.0. The van der Waals surface area contributed by atoms with Crippen LogP contribution in [0.2, 0.25) is 0 Å². The van der Waals surface area contributed by atoms with E-state index in [2.05, 4.69) is 9.97 Å². The van der Waals surface area contributed by atoms with Crippen LogP contribution in [0.3, 0.4) is 0 Å². The number of rotatable bonds is 3. The number of nitrogens with zero attached hydrogens (tertiary/aromatic N) is 4. The van der Waals surface area contributed by atoms with Gasteiger partial charge in [0.25, 0.3) is 0 Å². The van der Waals surface area contributed by atoms with Gasteiger partial charge in [-0.1, -0.05) is 23.9 Å². The molecule has 4 aromatic heterocycles. The van der Waals surface area contributed by atoms with Crippen molar-refractivity contribution in [3.8, 4) is 21.1 Å². The maximum atomic E-state index is 12.4. The van der Waals surface area contributed by atoms with E-state index in [1.807, 2.05) is 52.9 Å². The summed E-state index contributed by atoms with van der Waals surface area (Å²) >= 11 is 4.61. The lowest BCUT2D eigenvalue weighted by Gasteiger charge is -2.11. The zero-order valence-corrected chi connectivity index (χ0v) is 15.3. The Balaban J connectivity index is 2.13. The highest BCUT2D eigenvalue weighted by Gasteiger charge is 2.18. The number of aryl methyl sites for hydroxylation is 1. The molecule has 4 aromatic rings. The Morgan fingerprint density at radius 1 is 1.00 bits per heavy atom. The molecule has 0 spiro atoms. The van der Waals surface area contributed by atoms with Crippen LogP contribution in [0.5, 0.6) is 0 Å². The molecule has 0 aliphatic carbocycles. The normalized spacial score (nSPS) is 11.2. The Kier molecular flexibility index (Phi) is 3.95. The predicted molar refractivity (Wildman–Crippen MR) is 101 cm³/mol. The van der Waals surface area contributed by atoms with E-state index in [1.165, 1.54) is 11.8 Å². The molecule has 0 bridgehead atoms. The first kappa shape index (κ1) is 15.5. The predicted octanol–water partition coefficient (Wildman–Crippen LogP) is 3.90. The van der Waals surface area contributed by atoms with E-state index >= 15 is 0 Å². The van der Waals surface area contributed by atoms with Crippen molar-refractivity contribution < 1.29 is 0 Å². The van der Waals surface area contributed by atoms with E-state index in [-0.39, 0.29) is 5.56 Å². The van der Waals surface area contributed by atoms with E-state index in [1.54, 1.807) is 22.7 Å². The molecule has 8 heteroatoms. The van der Waals surface area contributed by atoms with Crippen LogP contribution >= 0.6 is 34.4 Å². The van der Waals surface area contributed by atoms with Crippen molar-refractivity contribution in [2.24, 2.45) is 7.05 Å². The van der Waals surface area contributed by atoms with Gasteiger partial charge in [-0.2, -0.15) is 4.98 Å². The van der Waals surface area contributed by atoms with Crippen LogP contribution in [-0.4, -0.2) is 25.8 Å². The molecule has 0 radical (unpaired) electrons. The average Bonchev–Trinajstić information content (AvgIpc) is 3.30. The molecule has 0 saturated carbocycles. The zero-order valence-electron chi connectivity index (χ0n) is 12.9. The van der Waals surface area contributed by atoms with Crippen molar-refractivity contribution in [1.29, 1.82) is 0 Å². The number of hydrogen-bond donors (Lipinski definition) is 0. The zero-order chi connectivity index (χ0) is 16.7. The number of hydrogen-bond acceptors (Lipinski definition) is 7. The van der Waals surface area contributed by atoms with Crippen molar-refractivity contribution in [2.45, 2.75) is 5.16 Å². The molecule has 0 amide bonds. The van der Waals surface area contributed by atoms with Crippen LogP contribution in [0, 0.1) is 0 Å². The van der Waals surface area contributed by atoms with Gasteiger partial charge in [0, 0.05) is 7.05 Å². The van der Waals surface area contributed by atoms with Gasteiger partial charge in [0.15, 0.2) is 16.3 Å². The minimum Gasteiger partial charge on any atom is -0.307 e. The summed E-state index contributed by atoms with van der Waals surface area (Å²) in [6, 6.07) is 7.97. The smallest absolute Gasteiger partial charge is 0.301 e. The third-order valence-corrected chi connectivity index (χ3v) is 6.06. The minimum absolute atomic E-state index is 0.305. The lowest BCUT2D eigenvalue weighted by atomic mass is 10.2. The number of thiophene rings is 2. The van der Waals surface area contributed by atoms with Gasteiger partial charge in [0.1, 0.15) is 11.4 Å². The molecule has 0 N–H and O–H groups in total. The fraction of sp³-hybridized carbons (Fsp3) is 0.125. The lowest BCUT2D eigenvalue weighted by molar-refractivity contribution is 0.753. The first-order valence-electron chi connectivity index (χ1n) is 7.09. The van der Waals surface area contributed by atoms with Gasteiger partial charge in [0.2, 0.25) is 0 Å². The maximum absolute atomic E-state index is 12.4. The van der Waals surface area contributed by atoms with Gasteiger partial charge in [-0.25, -0.2) is 9.97 Å². The van der Waals surface area contributed by atoms with Gasteiger partial charge < -0.3 is 4.57 Å². The SMILES string of the molecule is CSc1nc(=O)c2nc(-c3cccs3)c(-c3cccs3)nc2n1C. The lowest BCUT2D eigenvalue weighted by Crippen LogP contribution is -2.17. The number of aromatic nitrogens is 4. The van der Waals surface area contributed by atoms with Crippen LogP contribution in [0.1, 0.15) is 0 Å². The average molecular weight is 373 g/mol. The summed E-state index contributed by atoms with van der Waals surface area (Å²) in [7, 11) is 1.86.